The topological polar surface area (TPSA) is 72.0 Å². The van der Waals surface area contributed by atoms with Gasteiger partial charge in [0.15, 0.2) is 11.6 Å². The highest BCUT2D eigenvalue weighted by molar-refractivity contribution is 6.30. The molecule has 0 saturated carbocycles. The fraction of sp³-hybridized carbons (Fsp3) is 0.350. The minimum Gasteiger partial charge on any atom is -0.495 e. The molecule has 0 N–H and O–H groups in total. The van der Waals surface area contributed by atoms with Gasteiger partial charge in [0, 0.05) is 18.5 Å². The molecule has 2 saturated heterocycles. The number of aromatic nitrogens is 1. The van der Waals surface area contributed by atoms with Gasteiger partial charge >= 0.3 is 0 Å². The molecule has 2 aromatic rings. The number of benzene rings is 1. The normalized spacial score (nSPS) is 19.8. The Bertz CT molecular complexity index is 1000. The number of methoxy groups -OCH3 is 1. The predicted octanol–water partition coefficient (Wildman–Crippen LogP) is 2.41. The van der Waals surface area contributed by atoms with E-state index in [-0.39, 0.29) is 41.5 Å². The average Bonchev–Trinajstić information content (AvgIpc) is 2.68. The maximum Gasteiger partial charge on any atom is 0.251 e. The van der Waals surface area contributed by atoms with E-state index in [0.29, 0.717) is 18.8 Å². The van der Waals surface area contributed by atoms with Crippen LogP contribution in [0.25, 0.3) is 0 Å². The molecule has 3 heterocycles. The number of rotatable bonds is 5. The molecule has 4 rings (SSSR count). The first-order valence-electron chi connectivity index (χ1n) is 9.21. The molecule has 10 heteroatoms. The molecule has 1 atom stereocenters. The van der Waals surface area contributed by atoms with Crippen LogP contribution in [0.5, 0.6) is 5.75 Å². The van der Waals surface area contributed by atoms with Crippen molar-refractivity contribution in [2.75, 3.05) is 31.8 Å². The lowest BCUT2D eigenvalue weighted by Crippen LogP contribution is -2.65. The molecular formula is C20H18ClF2N3O4. The Hall–Kier alpha value is -2.78. The summed E-state index contributed by atoms with van der Waals surface area (Å²) in [6, 6.07) is 4.38. The molecule has 0 spiro atoms. The first-order chi connectivity index (χ1) is 14.4. The second-order valence-electron chi connectivity index (χ2n) is 7.12. The van der Waals surface area contributed by atoms with E-state index in [1.165, 1.54) is 36.4 Å². The minimum absolute atomic E-state index is 0.0676. The Morgan fingerprint density at radius 1 is 1.23 bits per heavy atom. The lowest BCUT2D eigenvalue weighted by molar-refractivity contribution is -0.155. The van der Waals surface area contributed by atoms with Gasteiger partial charge in [0.2, 0.25) is 5.91 Å². The highest BCUT2D eigenvalue weighted by Crippen LogP contribution is 2.31. The molecule has 0 radical (unpaired) electrons. The molecule has 0 unspecified atom stereocenters. The van der Waals surface area contributed by atoms with Crippen molar-refractivity contribution in [2.24, 2.45) is 5.92 Å². The van der Waals surface area contributed by atoms with E-state index in [4.69, 9.17) is 21.1 Å². The molecule has 7 nitrogen and oxygen atoms in total. The fourth-order valence-electron chi connectivity index (χ4n) is 3.57. The predicted molar refractivity (Wildman–Crippen MR) is 103 cm³/mol. The van der Waals surface area contributed by atoms with Crippen LogP contribution >= 0.6 is 11.6 Å². The van der Waals surface area contributed by atoms with Gasteiger partial charge in [-0.05, 0) is 17.7 Å². The van der Waals surface area contributed by atoms with Crippen LogP contribution in [-0.4, -0.2) is 54.6 Å². The zero-order valence-corrected chi connectivity index (χ0v) is 16.7. The minimum atomic E-state index is -0.855. The van der Waals surface area contributed by atoms with Crippen LogP contribution in [0.3, 0.4) is 0 Å². The van der Waals surface area contributed by atoms with Crippen molar-refractivity contribution in [3.8, 4) is 5.75 Å². The number of anilines is 1. The van der Waals surface area contributed by atoms with Gasteiger partial charge in [-0.1, -0.05) is 17.7 Å². The van der Waals surface area contributed by atoms with Crippen LogP contribution in [-0.2, 0) is 20.9 Å². The fourth-order valence-corrected chi connectivity index (χ4v) is 3.77. The number of carbonyl (C=O) groups excluding carboxylic acids is 2. The van der Waals surface area contributed by atoms with Gasteiger partial charge in [-0.15, -0.1) is 0 Å². The second-order valence-corrected chi connectivity index (χ2v) is 7.52. The van der Waals surface area contributed by atoms with E-state index in [1.54, 1.807) is 0 Å². The number of nitrogens with zero attached hydrogens (tertiary/aromatic N) is 3. The summed E-state index contributed by atoms with van der Waals surface area (Å²) in [5, 5.41) is -0.0713. The molecule has 0 bridgehead atoms. The van der Waals surface area contributed by atoms with Crippen LogP contribution in [0.15, 0.2) is 30.5 Å². The Labute approximate surface area is 176 Å². The van der Waals surface area contributed by atoms with Crippen LogP contribution in [0.1, 0.15) is 5.56 Å². The van der Waals surface area contributed by atoms with Crippen molar-refractivity contribution in [2.45, 2.75) is 12.6 Å². The highest BCUT2D eigenvalue weighted by Gasteiger charge is 2.47. The molecule has 2 fully saturated rings. The molecule has 2 aliphatic rings. The third-order valence-electron chi connectivity index (χ3n) is 5.20. The van der Waals surface area contributed by atoms with Crippen LogP contribution in [0.4, 0.5) is 14.6 Å². The van der Waals surface area contributed by atoms with E-state index < -0.39 is 23.6 Å². The summed E-state index contributed by atoms with van der Waals surface area (Å²) in [5.74, 6) is -2.44. The quantitative estimate of drug-likeness (QED) is 0.718. The lowest BCUT2D eigenvalue weighted by atomic mass is 9.92. The summed E-state index contributed by atoms with van der Waals surface area (Å²) in [7, 11) is 1.37. The number of ether oxygens (including phenoxy) is 2. The van der Waals surface area contributed by atoms with Gasteiger partial charge in [-0.2, -0.15) is 0 Å². The Balaban J connectivity index is 1.65. The van der Waals surface area contributed by atoms with E-state index in [0.717, 1.165) is 11.0 Å². The molecule has 2 amide bonds. The van der Waals surface area contributed by atoms with Crippen molar-refractivity contribution < 1.29 is 27.8 Å². The second kappa shape index (κ2) is 8.16. The molecule has 30 heavy (non-hydrogen) atoms. The Morgan fingerprint density at radius 3 is 2.60 bits per heavy atom. The third kappa shape index (κ3) is 3.70. The van der Waals surface area contributed by atoms with E-state index in [1.807, 2.05) is 0 Å². The van der Waals surface area contributed by atoms with E-state index >= 15 is 0 Å². The van der Waals surface area contributed by atoms with Crippen LogP contribution < -0.4 is 9.64 Å². The van der Waals surface area contributed by atoms with Crippen molar-refractivity contribution >= 4 is 29.2 Å². The zero-order chi connectivity index (χ0) is 21.4. The lowest BCUT2D eigenvalue weighted by Gasteiger charge is -2.45. The van der Waals surface area contributed by atoms with Crippen molar-refractivity contribution in [3.63, 3.8) is 0 Å². The molecule has 1 aromatic carbocycles. The third-order valence-corrected chi connectivity index (χ3v) is 5.49. The SMILES string of the molecule is COc1cnc(N2CC(=O)N(Cc3ccc(F)c(Cl)c3)[C@H](C3COC3)C2=O)c(F)c1. The summed E-state index contributed by atoms with van der Waals surface area (Å²) in [4.78, 5) is 32.7. The number of hydrogen-bond acceptors (Lipinski definition) is 5. The van der Waals surface area contributed by atoms with Gasteiger partial charge in [-0.3, -0.25) is 14.5 Å². The highest BCUT2D eigenvalue weighted by atomic mass is 35.5. The van der Waals surface area contributed by atoms with Crippen molar-refractivity contribution in [1.82, 2.24) is 9.88 Å². The molecule has 2 aliphatic heterocycles. The number of halogens is 3. The summed E-state index contributed by atoms with van der Waals surface area (Å²) < 4.78 is 38.2. The van der Waals surface area contributed by atoms with Crippen LogP contribution in [0, 0.1) is 17.6 Å². The number of amides is 2. The first-order valence-corrected chi connectivity index (χ1v) is 9.59. The van der Waals surface area contributed by atoms with Gasteiger partial charge in [0.1, 0.15) is 24.2 Å². The summed E-state index contributed by atoms with van der Waals surface area (Å²) >= 11 is 5.85. The van der Waals surface area contributed by atoms with Crippen molar-refractivity contribution in [3.05, 3.63) is 52.7 Å². The summed E-state index contributed by atoms with van der Waals surface area (Å²) in [6.07, 6.45) is 1.28. The van der Waals surface area contributed by atoms with Crippen molar-refractivity contribution in [1.29, 1.82) is 0 Å². The molecular weight excluding hydrogens is 420 g/mol. The number of hydrogen-bond donors (Lipinski definition) is 0. The van der Waals surface area contributed by atoms with E-state index in [9.17, 15) is 18.4 Å². The van der Waals surface area contributed by atoms with Crippen LogP contribution in [0.2, 0.25) is 5.02 Å². The Morgan fingerprint density at radius 2 is 2.00 bits per heavy atom. The Kier molecular flexibility index (Phi) is 5.57. The van der Waals surface area contributed by atoms with Gasteiger partial charge < -0.3 is 14.4 Å². The smallest absolute Gasteiger partial charge is 0.251 e. The largest absolute Gasteiger partial charge is 0.495 e. The molecule has 0 aliphatic carbocycles. The zero-order valence-electron chi connectivity index (χ0n) is 16.0. The van der Waals surface area contributed by atoms with E-state index in [2.05, 4.69) is 4.98 Å². The summed E-state index contributed by atoms with van der Waals surface area (Å²) in [5.41, 5.74) is 0.579. The van der Waals surface area contributed by atoms with Gasteiger partial charge in [0.05, 0.1) is 31.5 Å². The van der Waals surface area contributed by atoms with Gasteiger partial charge in [-0.25, -0.2) is 13.8 Å². The summed E-state index contributed by atoms with van der Waals surface area (Å²) in [6.45, 7) is 0.305. The monoisotopic (exact) mass is 437 g/mol. The number of pyridine rings is 1. The first kappa shape index (κ1) is 20.5. The maximum absolute atomic E-state index is 14.5. The molecule has 1 aromatic heterocycles. The van der Waals surface area contributed by atoms with Gasteiger partial charge in [0.25, 0.3) is 5.91 Å². The standard InChI is InChI=1S/C20H18ClF2N3O4/c1-29-13-5-16(23)19(24-6-13)26-8-17(27)25(18(20(26)28)12-9-30-10-12)7-11-2-3-15(22)14(21)4-11/h2-6,12,18H,7-10H2,1H3/t18-/m1/s1. The number of carbonyl (C=O) groups is 2. The molecule has 158 valence electrons. The average molecular weight is 438 g/mol. The maximum atomic E-state index is 14.5. The number of piperazine rings is 1.